The SMILES string of the molecule is C[C@H](NC(=O)N(C)CC(=O)NC(C)(C)C)c1ccc(F)c(F)c1. The number of carbonyl (C=O) groups is 2. The van der Waals surface area contributed by atoms with Gasteiger partial charge in [-0.15, -0.1) is 0 Å². The van der Waals surface area contributed by atoms with Crippen LogP contribution < -0.4 is 10.6 Å². The number of urea groups is 1. The van der Waals surface area contributed by atoms with Crippen LogP contribution in [0.15, 0.2) is 18.2 Å². The third-order valence-electron chi connectivity index (χ3n) is 3.03. The standard InChI is InChI=1S/C16H23F2N3O2/c1-10(11-6-7-12(17)13(18)8-11)19-15(23)21(5)9-14(22)20-16(2,3)4/h6-8,10H,9H2,1-5H3,(H,19,23)(H,20,22)/t10-/m0/s1. The summed E-state index contributed by atoms with van der Waals surface area (Å²) < 4.78 is 26.1. The van der Waals surface area contributed by atoms with E-state index >= 15 is 0 Å². The summed E-state index contributed by atoms with van der Waals surface area (Å²) in [6.45, 7) is 7.07. The molecule has 0 saturated heterocycles. The monoisotopic (exact) mass is 327 g/mol. The van der Waals surface area contributed by atoms with Crippen LogP contribution in [0.4, 0.5) is 13.6 Å². The number of carbonyl (C=O) groups excluding carboxylic acids is 2. The Kier molecular flexibility index (Phi) is 6.06. The molecule has 1 aromatic carbocycles. The molecule has 0 aliphatic rings. The van der Waals surface area contributed by atoms with Gasteiger partial charge in [0.05, 0.1) is 6.04 Å². The van der Waals surface area contributed by atoms with Gasteiger partial charge >= 0.3 is 6.03 Å². The largest absolute Gasteiger partial charge is 0.350 e. The fourth-order valence-electron chi connectivity index (χ4n) is 1.91. The van der Waals surface area contributed by atoms with Crippen LogP contribution in [0.1, 0.15) is 39.3 Å². The Bertz CT molecular complexity index is 585. The van der Waals surface area contributed by atoms with Crippen LogP contribution in [-0.2, 0) is 4.79 Å². The molecule has 0 aliphatic carbocycles. The zero-order valence-electron chi connectivity index (χ0n) is 14.0. The fraction of sp³-hybridized carbons (Fsp3) is 0.500. The molecular weight excluding hydrogens is 304 g/mol. The third kappa shape index (κ3) is 6.22. The molecule has 1 atom stereocenters. The number of rotatable bonds is 4. The van der Waals surface area contributed by atoms with Gasteiger partial charge in [0.25, 0.3) is 0 Å². The molecule has 1 aromatic rings. The highest BCUT2D eigenvalue weighted by atomic mass is 19.2. The number of halogens is 2. The highest BCUT2D eigenvalue weighted by molar-refractivity contribution is 5.84. The van der Waals surface area contributed by atoms with Gasteiger partial charge in [0.1, 0.15) is 6.54 Å². The van der Waals surface area contributed by atoms with E-state index in [1.807, 2.05) is 20.8 Å². The molecule has 0 aliphatic heterocycles. The first-order valence-corrected chi connectivity index (χ1v) is 7.27. The van der Waals surface area contributed by atoms with Crippen molar-refractivity contribution >= 4 is 11.9 Å². The first-order chi connectivity index (χ1) is 10.5. The van der Waals surface area contributed by atoms with Gasteiger partial charge in [-0.3, -0.25) is 4.79 Å². The van der Waals surface area contributed by atoms with Crippen molar-refractivity contribution in [2.45, 2.75) is 39.3 Å². The Balaban J connectivity index is 2.60. The molecule has 23 heavy (non-hydrogen) atoms. The molecule has 0 unspecified atom stereocenters. The van der Waals surface area contributed by atoms with Gasteiger partial charge in [-0.05, 0) is 45.4 Å². The van der Waals surface area contributed by atoms with Gasteiger partial charge in [-0.1, -0.05) is 6.07 Å². The maximum Gasteiger partial charge on any atom is 0.318 e. The number of benzene rings is 1. The number of hydrogen-bond donors (Lipinski definition) is 2. The van der Waals surface area contributed by atoms with Crippen molar-refractivity contribution in [3.8, 4) is 0 Å². The van der Waals surface area contributed by atoms with Crippen LogP contribution in [0.2, 0.25) is 0 Å². The second kappa shape index (κ2) is 7.39. The normalized spacial score (nSPS) is 12.5. The predicted molar refractivity (Wildman–Crippen MR) is 83.8 cm³/mol. The van der Waals surface area contributed by atoms with Crippen LogP contribution in [0.25, 0.3) is 0 Å². The zero-order chi connectivity index (χ0) is 17.8. The summed E-state index contributed by atoms with van der Waals surface area (Å²) in [5, 5.41) is 5.38. The van der Waals surface area contributed by atoms with E-state index in [1.165, 1.54) is 18.0 Å². The number of nitrogens with one attached hydrogen (secondary N) is 2. The van der Waals surface area contributed by atoms with Crippen molar-refractivity contribution in [3.05, 3.63) is 35.4 Å². The molecule has 0 aromatic heterocycles. The lowest BCUT2D eigenvalue weighted by molar-refractivity contribution is -0.122. The van der Waals surface area contributed by atoms with E-state index in [-0.39, 0.29) is 18.0 Å². The van der Waals surface area contributed by atoms with E-state index < -0.39 is 23.7 Å². The number of amides is 3. The summed E-state index contributed by atoms with van der Waals surface area (Å²) in [4.78, 5) is 25.1. The summed E-state index contributed by atoms with van der Waals surface area (Å²) in [6, 6.07) is 2.44. The number of likely N-dealkylation sites (N-methyl/N-ethyl adjacent to an activating group) is 1. The summed E-state index contributed by atoms with van der Waals surface area (Å²) in [5.41, 5.74) is 0.0534. The molecule has 7 heteroatoms. The van der Waals surface area contributed by atoms with E-state index in [1.54, 1.807) is 6.92 Å². The summed E-state index contributed by atoms with van der Waals surface area (Å²) in [7, 11) is 1.48. The maximum absolute atomic E-state index is 13.2. The van der Waals surface area contributed by atoms with Crippen LogP contribution in [-0.4, -0.2) is 36.0 Å². The van der Waals surface area contributed by atoms with E-state index in [4.69, 9.17) is 0 Å². The Hall–Kier alpha value is -2.18. The van der Waals surface area contributed by atoms with Crippen LogP contribution in [0.3, 0.4) is 0 Å². The lowest BCUT2D eigenvalue weighted by Gasteiger charge is -2.24. The Morgan fingerprint density at radius 2 is 1.83 bits per heavy atom. The van der Waals surface area contributed by atoms with Crippen molar-refractivity contribution in [1.82, 2.24) is 15.5 Å². The molecule has 0 spiro atoms. The fourth-order valence-corrected chi connectivity index (χ4v) is 1.91. The van der Waals surface area contributed by atoms with Gasteiger partial charge in [-0.2, -0.15) is 0 Å². The minimum Gasteiger partial charge on any atom is -0.350 e. The lowest BCUT2D eigenvalue weighted by atomic mass is 10.1. The Labute approximate surface area is 135 Å². The molecule has 2 N–H and O–H groups in total. The quantitative estimate of drug-likeness (QED) is 0.893. The molecule has 0 radical (unpaired) electrons. The van der Waals surface area contributed by atoms with Crippen molar-refractivity contribution < 1.29 is 18.4 Å². The predicted octanol–water partition coefficient (Wildman–Crippen LogP) is 2.58. The smallest absolute Gasteiger partial charge is 0.318 e. The van der Waals surface area contributed by atoms with Gasteiger partial charge < -0.3 is 15.5 Å². The van der Waals surface area contributed by atoms with Crippen molar-refractivity contribution in [2.75, 3.05) is 13.6 Å². The van der Waals surface area contributed by atoms with Gasteiger partial charge in [0, 0.05) is 12.6 Å². The number of hydrogen-bond acceptors (Lipinski definition) is 2. The highest BCUT2D eigenvalue weighted by Gasteiger charge is 2.19. The second-order valence-corrected chi connectivity index (χ2v) is 6.50. The van der Waals surface area contributed by atoms with E-state index in [2.05, 4.69) is 10.6 Å². The molecule has 1 rings (SSSR count). The van der Waals surface area contributed by atoms with Gasteiger partial charge in [-0.25, -0.2) is 13.6 Å². The Morgan fingerprint density at radius 1 is 1.22 bits per heavy atom. The minimum absolute atomic E-state index is 0.104. The minimum atomic E-state index is -0.971. The van der Waals surface area contributed by atoms with Crippen LogP contribution in [0, 0.1) is 11.6 Å². The van der Waals surface area contributed by atoms with E-state index in [9.17, 15) is 18.4 Å². The molecule has 3 amide bonds. The first kappa shape index (κ1) is 18.9. The number of nitrogens with zero attached hydrogens (tertiary/aromatic N) is 1. The maximum atomic E-state index is 13.2. The summed E-state index contributed by atoms with van der Waals surface area (Å²) in [6.07, 6.45) is 0. The average Bonchev–Trinajstić information content (AvgIpc) is 2.39. The molecule has 0 fully saturated rings. The van der Waals surface area contributed by atoms with Crippen molar-refractivity contribution in [1.29, 1.82) is 0 Å². The summed E-state index contributed by atoms with van der Waals surface area (Å²) >= 11 is 0. The second-order valence-electron chi connectivity index (χ2n) is 6.50. The van der Waals surface area contributed by atoms with Crippen molar-refractivity contribution in [2.24, 2.45) is 0 Å². The van der Waals surface area contributed by atoms with Crippen LogP contribution in [0.5, 0.6) is 0 Å². The van der Waals surface area contributed by atoms with Gasteiger partial charge in [0.2, 0.25) is 5.91 Å². The molecule has 0 bridgehead atoms. The topological polar surface area (TPSA) is 61.4 Å². The zero-order valence-corrected chi connectivity index (χ0v) is 14.0. The van der Waals surface area contributed by atoms with E-state index in [0.717, 1.165) is 12.1 Å². The molecule has 0 saturated carbocycles. The van der Waals surface area contributed by atoms with Gasteiger partial charge in [0.15, 0.2) is 11.6 Å². The summed E-state index contributed by atoms with van der Waals surface area (Å²) in [5.74, 6) is -2.19. The third-order valence-corrected chi connectivity index (χ3v) is 3.03. The Morgan fingerprint density at radius 3 is 2.35 bits per heavy atom. The molecular formula is C16H23F2N3O2. The molecule has 128 valence electrons. The molecule has 0 heterocycles. The lowest BCUT2D eigenvalue weighted by Crippen LogP contribution is -2.48. The average molecular weight is 327 g/mol. The van der Waals surface area contributed by atoms with E-state index in [0.29, 0.717) is 5.56 Å². The van der Waals surface area contributed by atoms with Crippen molar-refractivity contribution in [3.63, 3.8) is 0 Å². The van der Waals surface area contributed by atoms with Crippen LogP contribution >= 0.6 is 0 Å². The highest BCUT2D eigenvalue weighted by Crippen LogP contribution is 2.16. The first-order valence-electron chi connectivity index (χ1n) is 7.27. The molecule has 5 nitrogen and oxygen atoms in total.